The van der Waals surface area contributed by atoms with Crippen LogP contribution in [0.5, 0.6) is 17.4 Å². The van der Waals surface area contributed by atoms with Crippen LogP contribution in [-0.4, -0.2) is 50.8 Å². The summed E-state index contributed by atoms with van der Waals surface area (Å²) in [6.07, 6.45) is 1.71. The number of alkyl halides is 2. The second-order valence-electron chi connectivity index (χ2n) is 9.83. The number of aromatic nitrogens is 4. The van der Waals surface area contributed by atoms with Crippen LogP contribution in [0.25, 0.3) is 5.69 Å². The summed E-state index contributed by atoms with van der Waals surface area (Å²) in [6, 6.07) is 3.03. The average molecular weight is 647 g/mol. The van der Waals surface area contributed by atoms with E-state index in [4.69, 9.17) is 27.9 Å². The number of H-pyrrole nitrogens is 1. The molecule has 224 valence electrons. The summed E-state index contributed by atoms with van der Waals surface area (Å²) in [5.74, 6) is -1.78. The highest BCUT2D eigenvalue weighted by Crippen LogP contribution is 2.41. The van der Waals surface area contributed by atoms with E-state index in [1.807, 2.05) is 0 Å². The lowest BCUT2D eigenvalue weighted by Gasteiger charge is -2.20. The Morgan fingerprint density at radius 2 is 1.81 bits per heavy atom. The van der Waals surface area contributed by atoms with Crippen LogP contribution in [0.2, 0.25) is 10.0 Å². The maximum absolute atomic E-state index is 13.2. The van der Waals surface area contributed by atoms with Gasteiger partial charge in [0.15, 0.2) is 17.2 Å². The van der Waals surface area contributed by atoms with Crippen molar-refractivity contribution in [1.29, 1.82) is 0 Å². The van der Waals surface area contributed by atoms with Crippen molar-refractivity contribution in [3.05, 3.63) is 61.0 Å². The Morgan fingerprint density at radius 3 is 2.40 bits per heavy atom. The summed E-state index contributed by atoms with van der Waals surface area (Å²) >= 11 is 12.5. The van der Waals surface area contributed by atoms with Crippen molar-refractivity contribution in [3.63, 3.8) is 0 Å². The number of carbonyl (C=O) groups is 1. The molecule has 2 aliphatic carbocycles. The molecule has 2 saturated carbocycles. The fourth-order valence-electron chi connectivity index (χ4n) is 4.49. The van der Waals surface area contributed by atoms with Crippen molar-refractivity contribution in [1.82, 2.24) is 29.8 Å². The highest BCUT2D eigenvalue weighted by Gasteiger charge is 2.53. The number of amides is 1. The van der Waals surface area contributed by atoms with Crippen LogP contribution < -0.4 is 26.0 Å². The van der Waals surface area contributed by atoms with Crippen molar-refractivity contribution >= 4 is 39.1 Å². The first kappa shape index (κ1) is 29.9. The number of aromatic amines is 1. The summed E-state index contributed by atoms with van der Waals surface area (Å²) in [5.41, 5.74) is -5.24. The average Bonchev–Trinajstić information content (AvgIpc) is 3.50. The molecule has 2 aromatic heterocycles. The number of ether oxygens (including phenoxy) is 1. The van der Waals surface area contributed by atoms with Crippen LogP contribution in [0.15, 0.2) is 38.9 Å². The smallest absolute Gasteiger partial charge is 0.349 e. The number of aromatic hydroxyl groups is 1. The zero-order valence-corrected chi connectivity index (χ0v) is 23.7. The second kappa shape index (κ2) is 11.2. The molecule has 0 atom stereocenters. The third-order valence-electron chi connectivity index (χ3n) is 6.81. The first-order valence-corrected chi connectivity index (χ1v) is 14.8. The van der Waals surface area contributed by atoms with Crippen molar-refractivity contribution in [2.75, 3.05) is 0 Å². The molecule has 42 heavy (non-hydrogen) atoms. The Kier molecular flexibility index (Phi) is 8.00. The Morgan fingerprint density at radius 1 is 1.17 bits per heavy atom. The molecule has 5 rings (SSSR count). The zero-order valence-electron chi connectivity index (χ0n) is 21.4. The molecule has 1 amide bonds. The van der Waals surface area contributed by atoms with Crippen molar-refractivity contribution < 1.29 is 31.8 Å². The molecule has 3 aromatic rings. The number of sulfonamides is 1. The molecular weight excluding hydrogens is 625 g/mol. The highest BCUT2D eigenvalue weighted by molar-refractivity contribution is 7.89. The number of carbonyl (C=O) groups excluding carboxylic acids is 1. The zero-order chi connectivity index (χ0) is 30.4. The number of benzene rings is 1. The van der Waals surface area contributed by atoms with Crippen LogP contribution >= 0.6 is 23.2 Å². The minimum Gasteiger partial charge on any atom is -0.505 e. The molecule has 2 aliphatic rings. The number of hydrogen-bond acceptors (Lipinski definition) is 9. The normalized spacial score (nSPS) is 16.5. The summed E-state index contributed by atoms with van der Waals surface area (Å²) < 4.78 is 61.1. The lowest BCUT2D eigenvalue weighted by molar-refractivity contribution is -0.124. The predicted octanol–water partition coefficient (Wildman–Crippen LogP) is 2.93. The van der Waals surface area contributed by atoms with Gasteiger partial charge in [-0.25, -0.2) is 27.0 Å². The summed E-state index contributed by atoms with van der Waals surface area (Å²) in [7, 11) is -4.45. The van der Waals surface area contributed by atoms with Crippen LogP contribution in [0.1, 0.15) is 50.6 Å². The molecule has 0 spiro atoms. The van der Waals surface area contributed by atoms with Gasteiger partial charge >= 0.3 is 5.69 Å². The van der Waals surface area contributed by atoms with E-state index >= 15 is 0 Å². The number of nitrogens with one attached hydrogen (secondary N) is 3. The lowest BCUT2D eigenvalue weighted by atomic mass is 10.2. The van der Waals surface area contributed by atoms with Crippen molar-refractivity contribution in [2.24, 2.45) is 0 Å². The molecule has 0 saturated heterocycles. The lowest BCUT2D eigenvalue weighted by Crippen LogP contribution is -2.51. The largest absolute Gasteiger partial charge is 0.505 e. The van der Waals surface area contributed by atoms with E-state index in [1.165, 1.54) is 0 Å². The number of halogens is 4. The molecule has 13 nitrogen and oxygen atoms in total. The minimum absolute atomic E-state index is 0.0142. The third kappa shape index (κ3) is 5.97. The highest BCUT2D eigenvalue weighted by atomic mass is 35.5. The van der Waals surface area contributed by atoms with Crippen LogP contribution in [0.4, 0.5) is 8.78 Å². The van der Waals surface area contributed by atoms with Gasteiger partial charge in [-0.15, -0.1) is 0 Å². The van der Waals surface area contributed by atoms with E-state index in [2.05, 4.69) is 20.1 Å². The minimum atomic E-state index is -4.45. The molecule has 1 aromatic carbocycles. The Bertz CT molecular complexity index is 1770. The summed E-state index contributed by atoms with van der Waals surface area (Å²) in [5, 5.41) is 16.0. The second-order valence-corrected chi connectivity index (χ2v) is 12.3. The summed E-state index contributed by atoms with van der Waals surface area (Å²) in [6.45, 7) is 0. The molecule has 0 radical (unpaired) electrons. The van der Waals surface area contributed by atoms with E-state index < -0.39 is 55.5 Å². The van der Waals surface area contributed by atoms with Gasteiger partial charge in [-0.1, -0.05) is 36.0 Å². The van der Waals surface area contributed by atoms with Gasteiger partial charge in [0.1, 0.15) is 10.4 Å². The molecule has 18 heteroatoms. The van der Waals surface area contributed by atoms with Gasteiger partial charge in [0.05, 0.1) is 21.9 Å². The maximum atomic E-state index is 13.2. The molecule has 0 unspecified atom stereocenters. The Balaban J connectivity index is 1.40. The van der Waals surface area contributed by atoms with Crippen LogP contribution in [0.3, 0.4) is 0 Å². The molecule has 2 fully saturated rings. The molecule has 0 aliphatic heterocycles. The number of hydrogen-bond donors (Lipinski definition) is 4. The van der Waals surface area contributed by atoms with Gasteiger partial charge in [0.25, 0.3) is 12.0 Å². The van der Waals surface area contributed by atoms with Crippen LogP contribution in [-0.2, 0) is 14.8 Å². The van der Waals surface area contributed by atoms with Crippen LogP contribution in [0, 0.1) is 0 Å². The standard InChI is InChI=1S/C24H22Cl2F2N6O7S/c25-13-7-12(34-23(38)31-21(36)18(32-34)20(27)28)8-14(26)19(13)41-17-9-16(15(35)10-29-17)42(39,40)33-24(5-6-24)22(37)30-11-3-1-2-4-11/h7-11,20,33,35H,1-6H2,(H,30,37)(H,31,36,38). The molecule has 0 bridgehead atoms. The van der Waals surface area contributed by atoms with Gasteiger partial charge in [-0.05, 0) is 37.8 Å². The van der Waals surface area contributed by atoms with Gasteiger partial charge in [-0.2, -0.15) is 14.5 Å². The Hall–Kier alpha value is -3.60. The quantitative estimate of drug-likeness (QED) is 0.271. The topological polar surface area (TPSA) is 185 Å². The molecule has 4 N–H and O–H groups in total. The number of rotatable bonds is 9. The van der Waals surface area contributed by atoms with Crippen molar-refractivity contribution in [2.45, 2.75) is 61.4 Å². The molecule has 2 heterocycles. The van der Waals surface area contributed by atoms with Gasteiger partial charge in [0, 0.05) is 12.1 Å². The van der Waals surface area contributed by atoms with Crippen molar-refractivity contribution in [3.8, 4) is 23.1 Å². The van der Waals surface area contributed by atoms with E-state index in [-0.39, 0.29) is 46.2 Å². The number of pyridine rings is 1. The fourth-order valence-corrected chi connectivity index (χ4v) is 6.55. The van der Waals surface area contributed by atoms with Gasteiger partial charge in [0.2, 0.25) is 21.8 Å². The van der Waals surface area contributed by atoms with E-state index in [9.17, 15) is 36.7 Å². The van der Waals surface area contributed by atoms with Gasteiger partial charge < -0.3 is 15.2 Å². The first-order valence-electron chi connectivity index (χ1n) is 12.5. The fraction of sp³-hybridized carbons (Fsp3) is 0.375. The van der Waals surface area contributed by atoms with E-state index in [0.717, 1.165) is 50.1 Å². The first-order chi connectivity index (χ1) is 19.8. The Labute approximate surface area is 245 Å². The monoisotopic (exact) mass is 646 g/mol. The summed E-state index contributed by atoms with van der Waals surface area (Å²) in [4.78, 5) is 41.5. The van der Waals surface area contributed by atoms with E-state index in [0.29, 0.717) is 4.68 Å². The maximum Gasteiger partial charge on any atom is 0.349 e. The number of nitrogens with zero attached hydrogens (tertiary/aromatic N) is 3. The molecular formula is C24H22Cl2F2N6O7S. The van der Waals surface area contributed by atoms with Gasteiger partial charge in [-0.3, -0.25) is 14.6 Å². The van der Waals surface area contributed by atoms with E-state index in [1.54, 1.807) is 4.98 Å². The third-order valence-corrected chi connectivity index (χ3v) is 8.94. The SMILES string of the molecule is O=C(NC1CCCC1)C1(NS(=O)(=O)c2cc(Oc3c(Cl)cc(-n4nc(C(F)F)c(=O)[nH]c4=O)cc3Cl)ncc2O)CC1. The predicted molar refractivity (Wildman–Crippen MR) is 144 cm³/mol.